The van der Waals surface area contributed by atoms with Gasteiger partial charge in [-0.15, -0.1) is 0 Å². The molecule has 0 spiro atoms. The molecule has 0 saturated carbocycles. The van der Waals surface area contributed by atoms with E-state index < -0.39 is 29.4 Å². The van der Waals surface area contributed by atoms with Crippen LogP contribution in [0.4, 0.5) is 0 Å². The number of carbonyl (C=O) groups is 2. The molecule has 0 fully saturated rings. The van der Waals surface area contributed by atoms with Crippen LogP contribution in [0.15, 0.2) is 30.3 Å². The lowest BCUT2D eigenvalue weighted by atomic mass is 9.86. The molecule has 5 heteroatoms. The fraction of sp³-hybridized carbons (Fsp3) is 0.429. The summed E-state index contributed by atoms with van der Waals surface area (Å²) in [5.74, 6) is -1.84. The van der Waals surface area contributed by atoms with E-state index in [-0.39, 0.29) is 0 Å². The van der Waals surface area contributed by atoms with Crippen LogP contribution in [0, 0.1) is 5.41 Å². The SMILES string of the molecule is CC(C)(C)[C@@H](NC(=O)C(O)c1ccccc1)C(=O)O. The van der Waals surface area contributed by atoms with Crippen molar-refractivity contribution < 1.29 is 19.8 Å². The van der Waals surface area contributed by atoms with E-state index in [0.29, 0.717) is 5.56 Å². The Labute approximate surface area is 112 Å². The summed E-state index contributed by atoms with van der Waals surface area (Å²) in [4.78, 5) is 23.0. The third kappa shape index (κ3) is 4.06. The number of benzene rings is 1. The quantitative estimate of drug-likeness (QED) is 0.766. The third-order valence-corrected chi connectivity index (χ3v) is 2.76. The highest BCUT2D eigenvalue weighted by Crippen LogP contribution is 2.21. The molecule has 0 aromatic heterocycles. The number of hydrogen-bond acceptors (Lipinski definition) is 3. The predicted molar refractivity (Wildman–Crippen MR) is 70.4 cm³/mol. The average molecular weight is 265 g/mol. The Morgan fingerprint density at radius 3 is 2.11 bits per heavy atom. The van der Waals surface area contributed by atoms with E-state index in [1.807, 2.05) is 0 Å². The largest absolute Gasteiger partial charge is 0.480 e. The first-order valence-corrected chi connectivity index (χ1v) is 5.99. The van der Waals surface area contributed by atoms with E-state index in [1.54, 1.807) is 51.1 Å². The number of nitrogens with one attached hydrogen (secondary N) is 1. The topological polar surface area (TPSA) is 86.6 Å². The summed E-state index contributed by atoms with van der Waals surface area (Å²) in [7, 11) is 0. The van der Waals surface area contributed by atoms with Gasteiger partial charge in [0.1, 0.15) is 6.04 Å². The highest BCUT2D eigenvalue weighted by atomic mass is 16.4. The first-order valence-electron chi connectivity index (χ1n) is 5.99. The summed E-state index contributed by atoms with van der Waals surface area (Å²) in [6.45, 7) is 5.13. The number of hydrogen-bond donors (Lipinski definition) is 3. The van der Waals surface area contributed by atoms with E-state index in [4.69, 9.17) is 5.11 Å². The van der Waals surface area contributed by atoms with Crippen molar-refractivity contribution in [2.75, 3.05) is 0 Å². The fourth-order valence-electron chi connectivity index (χ4n) is 1.66. The van der Waals surface area contributed by atoms with Gasteiger partial charge in [-0.05, 0) is 11.0 Å². The Kier molecular flexibility index (Phi) is 4.67. The van der Waals surface area contributed by atoms with E-state index in [2.05, 4.69) is 5.32 Å². The van der Waals surface area contributed by atoms with Gasteiger partial charge in [0.05, 0.1) is 0 Å². The van der Waals surface area contributed by atoms with Crippen LogP contribution in [-0.2, 0) is 9.59 Å². The molecule has 0 bridgehead atoms. The monoisotopic (exact) mass is 265 g/mol. The number of carboxylic acids is 1. The average Bonchev–Trinajstić information content (AvgIpc) is 2.34. The number of amides is 1. The van der Waals surface area contributed by atoms with E-state index in [9.17, 15) is 14.7 Å². The number of aliphatic hydroxyl groups is 1. The smallest absolute Gasteiger partial charge is 0.326 e. The molecule has 19 heavy (non-hydrogen) atoms. The molecule has 0 aliphatic rings. The Balaban J connectivity index is 2.81. The molecule has 0 aliphatic carbocycles. The second-order valence-electron chi connectivity index (χ2n) is 5.46. The van der Waals surface area contributed by atoms with E-state index >= 15 is 0 Å². The second-order valence-corrected chi connectivity index (χ2v) is 5.46. The molecule has 1 aromatic rings. The van der Waals surface area contributed by atoms with Gasteiger partial charge in [0.2, 0.25) is 0 Å². The first-order chi connectivity index (χ1) is 8.73. The number of carboxylic acid groups (broad SMARTS) is 1. The highest BCUT2D eigenvalue weighted by molar-refractivity contribution is 5.87. The van der Waals surface area contributed by atoms with Crippen molar-refractivity contribution in [1.82, 2.24) is 5.32 Å². The van der Waals surface area contributed by atoms with Crippen LogP contribution < -0.4 is 5.32 Å². The number of carbonyl (C=O) groups excluding carboxylic acids is 1. The van der Waals surface area contributed by atoms with Crippen molar-refractivity contribution in [3.05, 3.63) is 35.9 Å². The summed E-state index contributed by atoms with van der Waals surface area (Å²) < 4.78 is 0. The van der Waals surface area contributed by atoms with E-state index in [0.717, 1.165) is 0 Å². The summed E-state index contributed by atoms with van der Waals surface area (Å²) in [5.41, 5.74) is -0.212. The molecule has 0 aliphatic heterocycles. The summed E-state index contributed by atoms with van der Waals surface area (Å²) >= 11 is 0. The number of aliphatic carboxylic acids is 1. The van der Waals surface area contributed by atoms with Crippen LogP contribution in [0.2, 0.25) is 0 Å². The fourth-order valence-corrected chi connectivity index (χ4v) is 1.66. The standard InChI is InChI=1S/C14H19NO4/c1-14(2,3)11(13(18)19)15-12(17)10(16)9-7-5-4-6-8-9/h4-8,10-11,16H,1-3H3,(H,15,17)(H,18,19)/t10?,11-/m0/s1. The van der Waals surface area contributed by atoms with Crippen molar-refractivity contribution in [2.24, 2.45) is 5.41 Å². The molecule has 0 saturated heterocycles. The third-order valence-electron chi connectivity index (χ3n) is 2.76. The van der Waals surface area contributed by atoms with Crippen molar-refractivity contribution in [3.63, 3.8) is 0 Å². The van der Waals surface area contributed by atoms with Crippen molar-refractivity contribution in [2.45, 2.75) is 32.9 Å². The minimum atomic E-state index is -1.37. The minimum absolute atomic E-state index is 0.429. The Morgan fingerprint density at radius 2 is 1.68 bits per heavy atom. The molecular formula is C14H19NO4. The summed E-state index contributed by atoms with van der Waals surface area (Å²) in [5, 5.41) is 21.4. The molecule has 3 N–H and O–H groups in total. The lowest BCUT2D eigenvalue weighted by Gasteiger charge is -2.28. The molecule has 1 aromatic carbocycles. The lowest BCUT2D eigenvalue weighted by molar-refractivity contribution is -0.146. The van der Waals surface area contributed by atoms with Gasteiger partial charge >= 0.3 is 5.97 Å². The summed E-state index contributed by atoms with van der Waals surface area (Å²) in [6, 6.07) is 7.32. The predicted octanol–water partition coefficient (Wildman–Crippen LogP) is 1.34. The van der Waals surface area contributed by atoms with Crippen molar-refractivity contribution in [1.29, 1.82) is 0 Å². The Hall–Kier alpha value is -1.88. The van der Waals surface area contributed by atoms with Gasteiger partial charge < -0.3 is 15.5 Å². The van der Waals surface area contributed by atoms with Crippen molar-refractivity contribution in [3.8, 4) is 0 Å². The van der Waals surface area contributed by atoms with Gasteiger partial charge in [0.15, 0.2) is 6.10 Å². The van der Waals surface area contributed by atoms with Gasteiger partial charge in [-0.25, -0.2) is 4.79 Å². The number of aliphatic hydroxyl groups excluding tert-OH is 1. The van der Waals surface area contributed by atoms with E-state index in [1.165, 1.54) is 0 Å². The number of rotatable bonds is 4. The summed E-state index contributed by atoms with van der Waals surface area (Å²) in [6.07, 6.45) is -1.37. The Morgan fingerprint density at radius 1 is 1.16 bits per heavy atom. The van der Waals surface area contributed by atoms with Gasteiger partial charge in [-0.2, -0.15) is 0 Å². The van der Waals surface area contributed by atoms with Gasteiger partial charge in [-0.1, -0.05) is 51.1 Å². The van der Waals surface area contributed by atoms with Crippen LogP contribution in [0.25, 0.3) is 0 Å². The van der Waals surface area contributed by atoms with Gasteiger partial charge in [0, 0.05) is 0 Å². The maximum absolute atomic E-state index is 11.9. The maximum atomic E-state index is 11.9. The van der Waals surface area contributed by atoms with Crippen LogP contribution in [0.1, 0.15) is 32.4 Å². The highest BCUT2D eigenvalue weighted by Gasteiger charge is 2.34. The molecular weight excluding hydrogens is 246 g/mol. The zero-order valence-corrected chi connectivity index (χ0v) is 11.3. The molecule has 5 nitrogen and oxygen atoms in total. The molecule has 104 valence electrons. The van der Waals surface area contributed by atoms with Crippen LogP contribution >= 0.6 is 0 Å². The molecule has 2 atom stereocenters. The zero-order valence-electron chi connectivity index (χ0n) is 11.3. The molecule has 0 heterocycles. The first kappa shape index (κ1) is 15.2. The molecule has 0 radical (unpaired) electrons. The van der Waals surface area contributed by atoms with Crippen LogP contribution in [0.5, 0.6) is 0 Å². The lowest BCUT2D eigenvalue weighted by Crippen LogP contribution is -2.50. The molecule has 1 amide bonds. The minimum Gasteiger partial charge on any atom is -0.480 e. The Bertz CT molecular complexity index is 450. The van der Waals surface area contributed by atoms with Gasteiger partial charge in [0.25, 0.3) is 5.91 Å². The molecule has 1 rings (SSSR count). The van der Waals surface area contributed by atoms with Crippen LogP contribution in [0.3, 0.4) is 0 Å². The normalized spacial score (nSPS) is 14.5. The molecule has 1 unspecified atom stereocenters. The van der Waals surface area contributed by atoms with Gasteiger partial charge in [-0.3, -0.25) is 4.79 Å². The zero-order chi connectivity index (χ0) is 14.6. The van der Waals surface area contributed by atoms with Crippen molar-refractivity contribution >= 4 is 11.9 Å². The second kappa shape index (κ2) is 5.84. The van der Waals surface area contributed by atoms with Crippen LogP contribution in [-0.4, -0.2) is 28.1 Å². The maximum Gasteiger partial charge on any atom is 0.326 e.